The van der Waals surface area contributed by atoms with Gasteiger partial charge >= 0.3 is 0 Å². The Morgan fingerprint density at radius 2 is 2.07 bits per heavy atom. The Kier molecular flexibility index (Phi) is 10.3. The number of likely N-dealkylation sites (tertiary alicyclic amines) is 1. The summed E-state index contributed by atoms with van der Waals surface area (Å²) < 4.78 is 0. The molecule has 3 N–H and O–H groups in total. The molecular weight excluding hydrogens is 469 g/mol. The molecule has 0 aliphatic carbocycles. The zero-order valence-corrected chi connectivity index (χ0v) is 19.4. The monoisotopic (exact) mass is 501 g/mol. The maximum atomic E-state index is 12.2. The molecule has 1 saturated heterocycles. The number of carbonyl (C=O) groups is 2. The number of benzene rings is 1. The normalized spacial score (nSPS) is 16.5. The van der Waals surface area contributed by atoms with Gasteiger partial charge in [-0.25, -0.2) is 0 Å². The third-order valence-corrected chi connectivity index (χ3v) is 4.59. The fourth-order valence-electron chi connectivity index (χ4n) is 3.07. The number of nitrogens with one attached hydrogen (secondary N) is 3. The molecule has 1 atom stereocenters. The highest BCUT2D eigenvalue weighted by Gasteiger charge is 2.27. The molecule has 1 aromatic carbocycles. The topological polar surface area (TPSA) is 85.8 Å². The molecule has 1 aliphatic heterocycles. The maximum Gasteiger partial charge on any atom is 0.243 e. The van der Waals surface area contributed by atoms with Crippen LogP contribution in [-0.2, 0) is 16.0 Å². The molecule has 1 aliphatic rings. The first-order valence-electron chi connectivity index (χ1n) is 9.57. The lowest BCUT2D eigenvalue weighted by atomic mass is 10.1. The number of aryl methyl sites for hydroxylation is 1. The molecule has 1 unspecified atom stereocenters. The van der Waals surface area contributed by atoms with Crippen LogP contribution in [0.5, 0.6) is 0 Å². The highest BCUT2D eigenvalue weighted by molar-refractivity contribution is 14.0. The molecule has 0 bridgehead atoms. The van der Waals surface area contributed by atoms with E-state index in [0.29, 0.717) is 12.5 Å². The minimum absolute atomic E-state index is 0. The zero-order chi connectivity index (χ0) is 19.8. The van der Waals surface area contributed by atoms with Gasteiger partial charge in [0.1, 0.15) is 0 Å². The zero-order valence-electron chi connectivity index (χ0n) is 17.1. The third-order valence-electron chi connectivity index (χ3n) is 4.59. The van der Waals surface area contributed by atoms with E-state index in [0.717, 1.165) is 25.1 Å². The first-order valence-corrected chi connectivity index (χ1v) is 9.57. The molecule has 0 aromatic heterocycles. The van der Waals surface area contributed by atoms with Gasteiger partial charge in [-0.3, -0.25) is 14.6 Å². The van der Waals surface area contributed by atoms with Gasteiger partial charge < -0.3 is 20.9 Å². The molecule has 1 aromatic rings. The van der Waals surface area contributed by atoms with Crippen LogP contribution in [0.4, 0.5) is 5.69 Å². The number of nitrogens with zero attached hydrogens (tertiary/aromatic N) is 2. The number of amides is 2. The summed E-state index contributed by atoms with van der Waals surface area (Å²) in [6.07, 6.45) is 1.80. The van der Waals surface area contributed by atoms with Crippen molar-refractivity contribution in [2.75, 3.05) is 32.0 Å². The van der Waals surface area contributed by atoms with Crippen LogP contribution in [-0.4, -0.2) is 55.4 Å². The molecule has 2 amide bonds. The van der Waals surface area contributed by atoms with Crippen molar-refractivity contribution < 1.29 is 9.59 Å². The summed E-state index contributed by atoms with van der Waals surface area (Å²) in [7, 11) is 1.67. The summed E-state index contributed by atoms with van der Waals surface area (Å²) in [6.45, 7) is 7.44. The number of carbonyl (C=O) groups excluding carboxylic acids is 2. The van der Waals surface area contributed by atoms with Crippen LogP contribution >= 0.6 is 24.0 Å². The number of guanidine groups is 1. The molecule has 1 heterocycles. The smallest absolute Gasteiger partial charge is 0.243 e. The van der Waals surface area contributed by atoms with E-state index in [-0.39, 0.29) is 54.3 Å². The van der Waals surface area contributed by atoms with E-state index in [2.05, 4.69) is 27.9 Å². The van der Waals surface area contributed by atoms with Crippen LogP contribution in [0.15, 0.2) is 29.3 Å². The van der Waals surface area contributed by atoms with Crippen molar-refractivity contribution >= 4 is 47.4 Å². The van der Waals surface area contributed by atoms with Crippen LogP contribution in [0.2, 0.25) is 0 Å². The van der Waals surface area contributed by atoms with Crippen LogP contribution < -0.4 is 16.0 Å². The van der Waals surface area contributed by atoms with Crippen molar-refractivity contribution in [3.05, 3.63) is 29.8 Å². The first-order chi connectivity index (χ1) is 12.9. The van der Waals surface area contributed by atoms with Gasteiger partial charge in [-0.1, -0.05) is 32.9 Å². The molecule has 1 fully saturated rings. The average Bonchev–Trinajstić information content (AvgIpc) is 3.12. The summed E-state index contributed by atoms with van der Waals surface area (Å²) in [5.74, 6) is 0.623. The number of anilines is 1. The molecule has 0 radical (unpaired) electrons. The fourth-order valence-corrected chi connectivity index (χ4v) is 3.07. The lowest BCUT2D eigenvalue weighted by molar-refractivity contribution is -0.133. The third kappa shape index (κ3) is 7.29. The second-order valence-electron chi connectivity index (χ2n) is 7.10. The van der Waals surface area contributed by atoms with Gasteiger partial charge in [0, 0.05) is 37.8 Å². The number of halogens is 1. The van der Waals surface area contributed by atoms with Gasteiger partial charge in [-0.2, -0.15) is 0 Å². The largest absolute Gasteiger partial charge is 0.352 e. The van der Waals surface area contributed by atoms with E-state index in [1.165, 1.54) is 5.56 Å². The number of rotatable bonds is 6. The number of aliphatic imine (C=N–C) groups is 1. The average molecular weight is 501 g/mol. The Hall–Kier alpha value is -1.84. The highest BCUT2D eigenvalue weighted by Crippen LogP contribution is 2.13. The summed E-state index contributed by atoms with van der Waals surface area (Å²) in [4.78, 5) is 30.3. The molecular formula is C20H32IN5O2. The van der Waals surface area contributed by atoms with Crippen LogP contribution in [0, 0.1) is 5.92 Å². The van der Waals surface area contributed by atoms with E-state index >= 15 is 0 Å². The summed E-state index contributed by atoms with van der Waals surface area (Å²) in [5, 5.41) is 9.21. The van der Waals surface area contributed by atoms with Gasteiger partial charge in [0.25, 0.3) is 0 Å². The van der Waals surface area contributed by atoms with Crippen molar-refractivity contribution in [3.63, 3.8) is 0 Å². The van der Waals surface area contributed by atoms with Gasteiger partial charge in [-0.15, -0.1) is 24.0 Å². The fraction of sp³-hybridized carbons (Fsp3) is 0.550. The number of hydrogen-bond acceptors (Lipinski definition) is 3. The Balaban J connectivity index is 0.00000392. The number of hydrogen-bond donors (Lipinski definition) is 3. The van der Waals surface area contributed by atoms with Crippen LogP contribution in [0.25, 0.3) is 0 Å². The lowest BCUT2D eigenvalue weighted by Crippen LogP contribution is -2.47. The molecule has 2 rings (SSSR count). The van der Waals surface area contributed by atoms with Crippen molar-refractivity contribution in [2.24, 2.45) is 10.9 Å². The van der Waals surface area contributed by atoms with E-state index in [4.69, 9.17) is 0 Å². The summed E-state index contributed by atoms with van der Waals surface area (Å²) in [6, 6.07) is 7.97. The van der Waals surface area contributed by atoms with Gasteiger partial charge in [0.15, 0.2) is 5.96 Å². The molecule has 28 heavy (non-hydrogen) atoms. The minimum Gasteiger partial charge on any atom is -0.352 e. The quantitative estimate of drug-likeness (QED) is 0.317. The summed E-state index contributed by atoms with van der Waals surface area (Å²) >= 11 is 0. The van der Waals surface area contributed by atoms with Crippen molar-refractivity contribution in [1.82, 2.24) is 15.5 Å². The predicted molar refractivity (Wildman–Crippen MR) is 124 cm³/mol. The maximum absolute atomic E-state index is 12.2. The highest BCUT2D eigenvalue weighted by atomic mass is 127. The molecule has 0 spiro atoms. The second-order valence-corrected chi connectivity index (χ2v) is 7.10. The van der Waals surface area contributed by atoms with E-state index in [9.17, 15) is 9.59 Å². The van der Waals surface area contributed by atoms with Gasteiger partial charge in [-0.05, 0) is 30.5 Å². The Morgan fingerprint density at radius 3 is 2.71 bits per heavy atom. The van der Waals surface area contributed by atoms with Crippen molar-refractivity contribution in [1.29, 1.82) is 0 Å². The molecule has 156 valence electrons. The lowest BCUT2D eigenvalue weighted by Gasteiger charge is -2.20. The minimum atomic E-state index is -0.130. The molecule has 7 nitrogen and oxygen atoms in total. The second kappa shape index (κ2) is 11.9. The standard InChI is InChI=1S/C20H31N5O2.HI/c1-5-15-7-6-8-16(11-15)23-18(26)12-22-20(21-4)24-17-9-10-25(13-17)19(27)14(2)3;/h6-8,11,14,17H,5,9-10,12-13H2,1-4H3,(H,23,26)(H2,21,22,24);1H. The van der Waals surface area contributed by atoms with Crippen molar-refractivity contribution in [2.45, 2.75) is 39.7 Å². The Bertz CT molecular complexity index is 693. The van der Waals surface area contributed by atoms with E-state index in [1.807, 2.05) is 43.0 Å². The SMILES string of the molecule is CCc1cccc(NC(=O)CNC(=NC)NC2CCN(C(=O)C(C)C)C2)c1.I. The first kappa shape index (κ1) is 24.2. The predicted octanol–water partition coefficient (Wildman–Crippen LogP) is 2.23. The molecule has 0 saturated carbocycles. The summed E-state index contributed by atoms with van der Waals surface area (Å²) in [5.41, 5.74) is 1.97. The Morgan fingerprint density at radius 1 is 1.32 bits per heavy atom. The van der Waals surface area contributed by atoms with E-state index < -0.39 is 0 Å². The Labute approximate surface area is 184 Å². The van der Waals surface area contributed by atoms with Gasteiger partial charge in [0.05, 0.1) is 6.54 Å². The van der Waals surface area contributed by atoms with E-state index in [1.54, 1.807) is 7.05 Å². The molecule has 8 heteroatoms. The van der Waals surface area contributed by atoms with Gasteiger partial charge in [0.2, 0.25) is 11.8 Å². The van der Waals surface area contributed by atoms with Crippen LogP contribution in [0.1, 0.15) is 32.8 Å². The van der Waals surface area contributed by atoms with Crippen LogP contribution in [0.3, 0.4) is 0 Å². The van der Waals surface area contributed by atoms with Crippen molar-refractivity contribution in [3.8, 4) is 0 Å².